The van der Waals surface area contributed by atoms with Crippen LogP contribution in [-0.2, 0) is 31.2 Å². The molecule has 0 aromatic heterocycles. The zero-order valence-corrected chi connectivity index (χ0v) is 13.0. The van der Waals surface area contributed by atoms with Crippen LogP contribution < -0.4 is 0 Å². The largest absolute Gasteiger partial charge is 0.228 e. The maximum absolute atomic E-state index is 11.9. The summed E-state index contributed by atoms with van der Waals surface area (Å²) in [6.07, 6.45) is 2.76. The third-order valence-electron chi connectivity index (χ3n) is 3.46. The summed E-state index contributed by atoms with van der Waals surface area (Å²) < 4.78 is 47.8. The van der Waals surface area contributed by atoms with E-state index in [9.17, 15) is 16.8 Å². The number of rotatable bonds is 0. The third-order valence-corrected chi connectivity index (χ3v) is 6.82. The molecule has 4 nitrogen and oxygen atoms in total. The van der Waals surface area contributed by atoms with E-state index in [1.165, 1.54) is 0 Å². The molecule has 112 valence electrons. The van der Waals surface area contributed by atoms with Crippen LogP contribution in [0.1, 0.15) is 36.8 Å². The minimum Gasteiger partial charge on any atom is -0.228 e. The predicted octanol–water partition coefficient (Wildman–Crippen LogP) is 2.09. The van der Waals surface area contributed by atoms with Crippen molar-refractivity contribution in [3.05, 3.63) is 35.4 Å². The van der Waals surface area contributed by atoms with Gasteiger partial charge in [-0.3, -0.25) is 0 Å². The van der Waals surface area contributed by atoms with Crippen molar-refractivity contribution in [2.24, 2.45) is 0 Å². The molecule has 2 aliphatic heterocycles. The molecule has 1 aromatic carbocycles. The van der Waals surface area contributed by atoms with Gasteiger partial charge in [-0.25, -0.2) is 16.8 Å². The molecule has 0 fully saturated rings. The molecule has 2 aliphatic rings. The first-order chi connectivity index (χ1) is 9.36. The van der Waals surface area contributed by atoms with E-state index in [2.05, 4.69) is 0 Å². The lowest BCUT2D eigenvalue weighted by Gasteiger charge is -2.09. The Hall–Kier alpha value is -0.880. The summed E-state index contributed by atoms with van der Waals surface area (Å²) in [5.74, 6) is 0.447. The van der Waals surface area contributed by atoms with E-state index in [1.54, 1.807) is 24.3 Å². The Labute approximate surface area is 121 Å². The van der Waals surface area contributed by atoms with Gasteiger partial charge in [0, 0.05) is 0 Å². The predicted molar refractivity (Wildman–Crippen MR) is 79.9 cm³/mol. The summed E-state index contributed by atoms with van der Waals surface area (Å²) in [7, 11) is -6.12. The van der Waals surface area contributed by atoms with Crippen molar-refractivity contribution in [2.45, 2.75) is 37.2 Å². The van der Waals surface area contributed by atoms with E-state index in [4.69, 9.17) is 0 Å². The fourth-order valence-electron chi connectivity index (χ4n) is 2.38. The van der Waals surface area contributed by atoms with Crippen molar-refractivity contribution in [3.8, 4) is 0 Å². The Balaban J connectivity index is 2.24. The lowest BCUT2D eigenvalue weighted by atomic mass is 10.2. The van der Waals surface area contributed by atoms with E-state index >= 15 is 0 Å². The Kier molecular flexibility index (Phi) is 4.86. The van der Waals surface area contributed by atoms with Gasteiger partial charge >= 0.3 is 0 Å². The summed E-state index contributed by atoms with van der Waals surface area (Å²) in [5.41, 5.74) is 1.45. The van der Waals surface area contributed by atoms with Crippen molar-refractivity contribution in [2.75, 3.05) is 11.5 Å². The van der Waals surface area contributed by atoms with Gasteiger partial charge in [-0.15, -0.1) is 0 Å². The first-order valence-corrected chi connectivity index (χ1v) is 10.5. The van der Waals surface area contributed by atoms with Crippen LogP contribution in [0.5, 0.6) is 0 Å². The summed E-state index contributed by atoms with van der Waals surface area (Å²) in [6.45, 7) is 0. The molecule has 1 aromatic rings. The minimum absolute atomic E-state index is 0.0417. The smallest absolute Gasteiger partial charge is 0.154 e. The third kappa shape index (κ3) is 4.90. The Morgan fingerprint density at radius 2 is 0.950 bits per heavy atom. The molecule has 0 amide bonds. The number of benzene rings is 1. The van der Waals surface area contributed by atoms with Crippen LogP contribution in [0.25, 0.3) is 0 Å². The summed E-state index contributed by atoms with van der Waals surface area (Å²) in [4.78, 5) is 0. The van der Waals surface area contributed by atoms with Crippen LogP contribution in [0.4, 0.5) is 0 Å². The molecule has 20 heavy (non-hydrogen) atoms. The Morgan fingerprint density at radius 1 is 0.600 bits per heavy atom. The van der Waals surface area contributed by atoms with E-state index in [-0.39, 0.29) is 23.0 Å². The van der Waals surface area contributed by atoms with Gasteiger partial charge in [-0.05, 0) is 24.0 Å². The molecule has 0 radical (unpaired) electrons. The van der Waals surface area contributed by atoms with Crippen molar-refractivity contribution < 1.29 is 16.8 Å². The van der Waals surface area contributed by atoms with Crippen LogP contribution in [0, 0.1) is 0 Å². The van der Waals surface area contributed by atoms with Gasteiger partial charge in [0.1, 0.15) is 0 Å². The van der Waals surface area contributed by atoms with Crippen molar-refractivity contribution in [3.63, 3.8) is 0 Å². The van der Waals surface area contributed by atoms with Gasteiger partial charge < -0.3 is 0 Å². The highest BCUT2D eigenvalue weighted by Crippen LogP contribution is 2.15. The van der Waals surface area contributed by atoms with Gasteiger partial charge in [0.2, 0.25) is 0 Å². The van der Waals surface area contributed by atoms with Crippen molar-refractivity contribution in [1.82, 2.24) is 0 Å². The molecule has 6 heteroatoms. The highest BCUT2D eigenvalue weighted by molar-refractivity contribution is 7.90. The molecule has 0 saturated carbocycles. The van der Waals surface area contributed by atoms with E-state index < -0.39 is 19.7 Å². The van der Waals surface area contributed by atoms with Gasteiger partial charge in [0.25, 0.3) is 0 Å². The first kappa shape index (κ1) is 15.5. The van der Waals surface area contributed by atoms with Crippen LogP contribution in [0.2, 0.25) is 0 Å². The average Bonchev–Trinajstić information content (AvgIpc) is 2.34. The maximum atomic E-state index is 11.9. The van der Waals surface area contributed by atoms with Crippen LogP contribution in [-0.4, -0.2) is 28.3 Å². The topological polar surface area (TPSA) is 68.3 Å². The van der Waals surface area contributed by atoms with Crippen molar-refractivity contribution in [1.29, 1.82) is 0 Å². The standard InChI is InChI=1S/C14H20O4S2/c15-19(16)9-3-1-2-4-10-20(17,18)12-14-7-5-13(11-19)6-8-14/h5-8H,1-4,9-12H2. The van der Waals surface area contributed by atoms with Gasteiger partial charge in [0.05, 0.1) is 23.0 Å². The summed E-state index contributed by atoms with van der Waals surface area (Å²) in [6, 6.07) is 6.87. The second-order valence-electron chi connectivity index (χ2n) is 5.41. The number of fused-ring (bicyclic) bond motifs is 11. The fourth-order valence-corrected chi connectivity index (χ4v) is 5.36. The second kappa shape index (κ2) is 6.26. The van der Waals surface area contributed by atoms with Gasteiger partial charge in [-0.2, -0.15) is 0 Å². The molecule has 0 atom stereocenters. The number of sulfone groups is 2. The lowest BCUT2D eigenvalue weighted by molar-refractivity contribution is 0.580. The Bertz CT molecular complexity index is 584. The molecule has 0 unspecified atom stereocenters. The van der Waals surface area contributed by atoms with Crippen LogP contribution in [0.15, 0.2) is 24.3 Å². The molecule has 0 spiro atoms. The molecule has 0 N–H and O–H groups in total. The zero-order chi connectivity index (χ0) is 14.6. The summed E-state index contributed by atoms with van der Waals surface area (Å²) in [5, 5.41) is 0. The SMILES string of the molecule is O=S1(=O)CCCCCCS(=O)(=O)Cc2ccc(cc2)C1. The molecule has 3 rings (SSSR count). The lowest BCUT2D eigenvalue weighted by Crippen LogP contribution is -2.12. The molecule has 0 saturated heterocycles. The van der Waals surface area contributed by atoms with Crippen LogP contribution >= 0.6 is 0 Å². The van der Waals surface area contributed by atoms with Crippen LogP contribution in [0.3, 0.4) is 0 Å². The zero-order valence-electron chi connectivity index (χ0n) is 11.4. The quantitative estimate of drug-likeness (QED) is 0.735. The molecule has 2 bridgehead atoms. The van der Waals surface area contributed by atoms with Crippen molar-refractivity contribution >= 4 is 19.7 Å². The second-order valence-corrected chi connectivity index (χ2v) is 9.78. The molecule has 2 heterocycles. The molecule has 0 aliphatic carbocycles. The maximum Gasteiger partial charge on any atom is 0.154 e. The van der Waals surface area contributed by atoms with E-state index in [0.717, 1.165) is 24.0 Å². The highest BCUT2D eigenvalue weighted by Gasteiger charge is 2.15. The number of hydrogen-bond acceptors (Lipinski definition) is 4. The fraction of sp³-hybridized carbons (Fsp3) is 0.571. The Morgan fingerprint density at radius 3 is 1.30 bits per heavy atom. The molecular weight excluding hydrogens is 296 g/mol. The number of hydrogen-bond donors (Lipinski definition) is 0. The van der Waals surface area contributed by atoms with Gasteiger partial charge in [-0.1, -0.05) is 37.1 Å². The molecular formula is C14H20O4S2. The van der Waals surface area contributed by atoms with E-state index in [1.807, 2.05) is 0 Å². The normalized spacial score (nSPS) is 23.0. The minimum atomic E-state index is -3.06. The summed E-state index contributed by atoms with van der Waals surface area (Å²) >= 11 is 0. The van der Waals surface area contributed by atoms with Gasteiger partial charge in [0.15, 0.2) is 19.7 Å². The first-order valence-electron chi connectivity index (χ1n) is 6.85. The average molecular weight is 316 g/mol. The van der Waals surface area contributed by atoms with E-state index in [0.29, 0.717) is 12.8 Å². The highest BCUT2D eigenvalue weighted by atomic mass is 32.2. The monoisotopic (exact) mass is 316 g/mol.